The maximum Gasteiger partial charge on any atom is 0.410 e. The Hall–Kier alpha value is -3.25. The molecule has 1 aliphatic rings. The smallest absolute Gasteiger partial charge is 0.410 e. The molecule has 0 bridgehead atoms. The Morgan fingerprint density at radius 3 is 2.41 bits per heavy atom. The minimum absolute atomic E-state index is 0.0632. The Morgan fingerprint density at radius 2 is 1.69 bits per heavy atom. The van der Waals surface area contributed by atoms with Crippen LogP contribution in [0.1, 0.15) is 35.4 Å². The van der Waals surface area contributed by atoms with Crippen LogP contribution in [0.3, 0.4) is 0 Å². The van der Waals surface area contributed by atoms with Gasteiger partial charge in [0.15, 0.2) is 11.6 Å². The topological polar surface area (TPSA) is 49.8 Å². The predicted octanol–water partition coefficient (Wildman–Crippen LogP) is 5.26. The summed E-state index contributed by atoms with van der Waals surface area (Å²) in [5.74, 6) is -2.79. The molecule has 1 heterocycles. The van der Waals surface area contributed by atoms with E-state index in [-0.39, 0.29) is 12.2 Å². The van der Waals surface area contributed by atoms with Gasteiger partial charge in [-0.3, -0.25) is 0 Å². The second-order valence-electron chi connectivity index (χ2n) is 7.97. The van der Waals surface area contributed by atoms with E-state index in [0.29, 0.717) is 24.9 Å². The lowest BCUT2D eigenvalue weighted by Crippen LogP contribution is -2.45. The highest BCUT2D eigenvalue weighted by atomic mass is 19.2. The number of benzene rings is 3. The number of ether oxygens (including phenoxy) is 1. The molecular formula is C26H25F2NO3. The molecule has 4 rings (SSSR count). The Kier molecular flexibility index (Phi) is 6.81. The van der Waals surface area contributed by atoms with Gasteiger partial charge in [-0.2, -0.15) is 0 Å². The van der Waals surface area contributed by atoms with Gasteiger partial charge in [-0.15, -0.1) is 0 Å². The SMILES string of the molecule is O=C(OCc1ccccc1)N1CCC[C@@H]1[C@@H](O)[C@@H](c1ccccc1)c1cccc(F)c1F. The van der Waals surface area contributed by atoms with Crippen LogP contribution in [0.5, 0.6) is 0 Å². The highest BCUT2D eigenvalue weighted by Crippen LogP contribution is 2.36. The van der Waals surface area contributed by atoms with Crippen molar-refractivity contribution in [3.8, 4) is 0 Å². The number of halogens is 2. The number of nitrogens with zero attached hydrogens (tertiary/aromatic N) is 1. The third-order valence-corrected chi connectivity index (χ3v) is 5.95. The summed E-state index contributed by atoms with van der Waals surface area (Å²) in [5, 5.41) is 11.4. The predicted molar refractivity (Wildman–Crippen MR) is 117 cm³/mol. The maximum absolute atomic E-state index is 14.8. The number of carbonyl (C=O) groups excluding carboxylic acids is 1. The van der Waals surface area contributed by atoms with E-state index in [1.165, 1.54) is 17.0 Å². The quantitative estimate of drug-likeness (QED) is 0.572. The summed E-state index contributed by atoms with van der Waals surface area (Å²) < 4.78 is 34.2. The molecular weight excluding hydrogens is 412 g/mol. The average molecular weight is 437 g/mol. The highest BCUT2D eigenvalue weighted by Gasteiger charge is 2.40. The molecule has 3 aromatic rings. The second kappa shape index (κ2) is 9.92. The first kappa shape index (κ1) is 22.0. The molecule has 0 aliphatic carbocycles. The van der Waals surface area contributed by atoms with Gasteiger partial charge in [0, 0.05) is 18.0 Å². The van der Waals surface area contributed by atoms with E-state index < -0.39 is 35.8 Å². The van der Waals surface area contributed by atoms with Crippen molar-refractivity contribution < 1.29 is 23.4 Å². The van der Waals surface area contributed by atoms with Crippen molar-refractivity contribution >= 4 is 6.09 Å². The normalized spacial score (nSPS) is 17.7. The number of aliphatic hydroxyl groups excluding tert-OH is 1. The van der Waals surface area contributed by atoms with E-state index in [4.69, 9.17) is 4.74 Å². The van der Waals surface area contributed by atoms with E-state index in [0.717, 1.165) is 11.6 Å². The molecule has 3 atom stereocenters. The fourth-order valence-electron chi connectivity index (χ4n) is 4.38. The fraction of sp³-hybridized carbons (Fsp3) is 0.269. The summed E-state index contributed by atoms with van der Waals surface area (Å²) in [7, 11) is 0. The molecule has 0 radical (unpaired) electrons. The van der Waals surface area contributed by atoms with Gasteiger partial charge in [0.05, 0.1) is 12.1 Å². The first-order valence-electron chi connectivity index (χ1n) is 10.7. The van der Waals surface area contributed by atoms with Crippen molar-refractivity contribution in [2.24, 2.45) is 0 Å². The van der Waals surface area contributed by atoms with Gasteiger partial charge in [-0.1, -0.05) is 72.8 Å². The van der Waals surface area contributed by atoms with E-state index in [1.807, 2.05) is 36.4 Å². The highest BCUT2D eigenvalue weighted by molar-refractivity contribution is 5.68. The lowest BCUT2D eigenvalue weighted by molar-refractivity contribution is 0.0409. The van der Waals surface area contributed by atoms with Gasteiger partial charge in [0.2, 0.25) is 0 Å². The van der Waals surface area contributed by atoms with Crippen molar-refractivity contribution in [3.05, 3.63) is 107 Å². The molecule has 1 fully saturated rings. The average Bonchev–Trinajstić information content (AvgIpc) is 3.32. The molecule has 0 saturated carbocycles. The number of aliphatic hydroxyl groups is 1. The lowest BCUT2D eigenvalue weighted by Gasteiger charge is -2.33. The molecule has 0 unspecified atom stereocenters. The molecule has 4 nitrogen and oxygen atoms in total. The van der Waals surface area contributed by atoms with Gasteiger partial charge in [-0.25, -0.2) is 13.6 Å². The van der Waals surface area contributed by atoms with Crippen molar-refractivity contribution in [1.82, 2.24) is 4.90 Å². The van der Waals surface area contributed by atoms with Crippen molar-refractivity contribution in [1.29, 1.82) is 0 Å². The van der Waals surface area contributed by atoms with Gasteiger partial charge in [-0.05, 0) is 30.0 Å². The Balaban J connectivity index is 1.59. The standard InChI is InChI=1S/C26H25F2NO3/c27-21-14-7-13-20(24(21)28)23(19-11-5-2-6-12-19)25(30)22-15-8-16-29(22)26(31)32-17-18-9-3-1-4-10-18/h1-7,9-14,22-23,25,30H,8,15-17H2/t22-,23+,25-/m1/s1. The molecule has 6 heteroatoms. The van der Waals surface area contributed by atoms with Crippen LogP contribution in [0.15, 0.2) is 78.9 Å². The van der Waals surface area contributed by atoms with Gasteiger partial charge in [0.1, 0.15) is 6.61 Å². The Morgan fingerprint density at radius 1 is 1.00 bits per heavy atom. The summed E-state index contributed by atoms with van der Waals surface area (Å²) >= 11 is 0. The van der Waals surface area contributed by atoms with Crippen LogP contribution in [-0.4, -0.2) is 34.8 Å². The lowest BCUT2D eigenvalue weighted by atomic mass is 9.82. The largest absolute Gasteiger partial charge is 0.445 e. The van der Waals surface area contributed by atoms with E-state index >= 15 is 0 Å². The van der Waals surface area contributed by atoms with Crippen LogP contribution >= 0.6 is 0 Å². The third kappa shape index (κ3) is 4.65. The minimum Gasteiger partial charge on any atom is -0.445 e. The van der Waals surface area contributed by atoms with Crippen LogP contribution in [0, 0.1) is 11.6 Å². The van der Waals surface area contributed by atoms with Crippen LogP contribution in [0.2, 0.25) is 0 Å². The second-order valence-corrected chi connectivity index (χ2v) is 7.97. The summed E-state index contributed by atoms with van der Waals surface area (Å²) in [6.45, 7) is 0.558. The Bertz CT molecular complexity index is 1050. The monoisotopic (exact) mass is 437 g/mol. The van der Waals surface area contributed by atoms with Crippen LogP contribution in [0.25, 0.3) is 0 Å². The molecule has 166 valence electrons. The Labute approximate surface area is 186 Å². The zero-order valence-corrected chi connectivity index (χ0v) is 17.5. The minimum atomic E-state index is -1.14. The van der Waals surface area contributed by atoms with E-state index in [1.54, 1.807) is 24.3 Å². The molecule has 1 N–H and O–H groups in total. The molecule has 1 amide bonds. The van der Waals surface area contributed by atoms with Crippen molar-refractivity contribution in [2.45, 2.75) is 37.5 Å². The zero-order valence-electron chi connectivity index (χ0n) is 17.5. The van der Waals surface area contributed by atoms with E-state index in [2.05, 4.69) is 0 Å². The van der Waals surface area contributed by atoms with Crippen molar-refractivity contribution in [3.63, 3.8) is 0 Å². The maximum atomic E-state index is 14.8. The van der Waals surface area contributed by atoms with Crippen LogP contribution in [-0.2, 0) is 11.3 Å². The number of hydrogen-bond donors (Lipinski definition) is 1. The number of likely N-dealkylation sites (tertiary alicyclic amines) is 1. The summed E-state index contributed by atoms with van der Waals surface area (Å²) in [6, 6.07) is 21.6. The van der Waals surface area contributed by atoms with Crippen LogP contribution in [0.4, 0.5) is 13.6 Å². The van der Waals surface area contributed by atoms with Crippen molar-refractivity contribution in [2.75, 3.05) is 6.54 Å². The summed E-state index contributed by atoms with van der Waals surface area (Å²) in [4.78, 5) is 14.3. The van der Waals surface area contributed by atoms with E-state index in [9.17, 15) is 18.7 Å². The molecule has 0 aromatic heterocycles. The molecule has 0 spiro atoms. The fourth-order valence-corrected chi connectivity index (χ4v) is 4.38. The van der Waals surface area contributed by atoms with Gasteiger partial charge < -0.3 is 14.7 Å². The van der Waals surface area contributed by atoms with Gasteiger partial charge in [0.25, 0.3) is 0 Å². The number of amides is 1. The zero-order chi connectivity index (χ0) is 22.5. The molecule has 1 aliphatic heterocycles. The summed E-state index contributed by atoms with van der Waals surface area (Å²) in [5.41, 5.74) is 1.57. The first-order valence-corrected chi connectivity index (χ1v) is 10.7. The molecule has 3 aromatic carbocycles. The first-order chi connectivity index (χ1) is 15.6. The number of rotatable bonds is 6. The van der Waals surface area contributed by atoms with Gasteiger partial charge >= 0.3 is 6.09 Å². The number of carbonyl (C=O) groups is 1. The molecule has 1 saturated heterocycles. The third-order valence-electron chi connectivity index (χ3n) is 5.95. The van der Waals surface area contributed by atoms with Crippen LogP contribution < -0.4 is 0 Å². The number of hydrogen-bond acceptors (Lipinski definition) is 3. The summed E-state index contributed by atoms with van der Waals surface area (Å²) in [6.07, 6.45) is -0.431. The molecule has 32 heavy (non-hydrogen) atoms.